The zero-order valence-electron chi connectivity index (χ0n) is 8.48. The SMILES string of the molecule is CC(C)c1cccn2c(C(F)F)nnc12. The molecule has 0 radical (unpaired) electrons. The minimum absolute atomic E-state index is 0.239. The number of hydrogen-bond donors (Lipinski definition) is 0. The van der Waals surface area contributed by atoms with Crippen LogP contribution < -0.4 is 0 Å². The minimum Gasteiger partial charge on any atom is -0.281 e. The molecule has 3 nitrogen and oxygen atoms in total. The van der Waals surface area contributed by atoms with Crippen LogP contribution in [0, 0.1) is 0 Å². The van der Waals surface area contributed by atoms with Gasteiger partial charge in [-0.05, 0) is 17.5 Å². The highest BCUT2D eigenvalue weighted by molar-refractivity contribution is 5.49. The molecule has 0 amide bonds. The van der Waals surface area contributed by atoms with Gasteiger partial charge in [0.1, 0.15) is 0 Å². The molecule has 2 rings (SSSR count). The van der Waals surface area contributed by atoms with Gasteiger partial charge >= 0.3 is 0 Å². The second kappa shape index (κ2) is 3.56. The summed E-state index contributed by atoms with van der Waals surface area (Å²) in [6.45, 7) is 3.98. The van der Waals surface area contributed by atoms with Crippen LogP contribution in [0.2, 0.25) is 0 Å². The van der Waals surface area contributed by atoms with E-state index in [0.29, 0.717) is 5.65 Å². The highest BCUT2D eigenvalue weighted by Crippen LogP contribution is 2.23. The van der Waals surface area contributed by atoms with Gasteiger partial charge in [0.05, 0.1) is 0 Å². The molecule has 0 spiro atoms. The van der Waals surface area contributed by atoms with Gasteiger partial charge in [0.25, 0.3) is 6.43 Å². The summed E-state index contributed by atoms with van der Waals surface area (Å²) in [6, 6.07) is 3.61. The Kier molecular flexibility index (Phi) is 2.38. The van der Waals surface area contributed by atoms with Gasteiger partial charge in [0.2, 0.25) is 5.82 Å². The molecule has 80 valence electrons. The standard InChI is InChI=1S/C10H11F2N3/c1-6(2)7-4-3-5-15-9(7)13-14-10(15)8(11)12/h3-6,8H,1-2H3. The molecule has 0 bridgehead atoms. The van der Waals surface area contributed by atoms with Crippen LogP contribution in [0.3, 0.4) is 0 Å². The zero-order valence-corrected chi connectivity index (χ0v) is 8.48. The Hall–Kier alpha value is -1.52. The number of fused-ring (bicyclic) bond motifs is 1. The van der Waals surface area contributed by atoms with E-state index in [2.05, 4.69) is 10.2 Å². The second-order valence-corrected chi connectivity index (χ2v) is 3.67. The van der Waals surface area contributed by atoms with Crippen LogP contribution in [0.4, 0.5) is 8.78 Å². The zero-order chi connectivity index (χ0) is 11.0. The van der Waals surface area contributed by atoms with E-state index in [1.807, 2.05) is 19.9 Å². The van der Waals surface area contributed by atoms with Gasteiger partial charge in [-0.3, -0.25) is 4.40 Å². The molecule has 2 aromatic rings. The van der Waals surface area contributed by atoms with Crippen LogP contribution in [0.1, 0.15) is 37.6 Å². The van der Waals surface area contributed by atoms with E-state index in [1.54, 1.807) is 12.3 Å². The minimum atomic E-state index is -2.59. The fourth-order valence-corrected chi connectivity index (χ4v) is 1.55. The Morgan fingerprint density at radius 1 is 1.27 bits per heavy atom. The molecule has 0 aromatic carbocycles. The second-order valence-electron chi connectivity index (χ2n) is 3.67. The van der Waals surface area contributed by atoms with Gasteiger partial charge in [-0.2, -0.15) is 0 Å². The number of alkyl halides is 2. The van der Waals surface area contributed by atoms with Crippen molar-refractivity contribution in [1.82, 2.24) is 14.6 Å². The van der Waals surface area contributed by atoms with Gasteiger partial charge in [-0.25, -0.2) is 8.78 Å². The van der Waals surface area contributed by atoms with E-state index >= 15 is 0 Å². The monoisotopic (exact) mass is 211 g/mol. The normalized spacial score (nSPS) is 11.9. The maximum Gasteiger partial charge on any atom is 0.297 e. The first-order chi connectivity index (χ1) is 7.11. The van der Waals surface area contributed by atoms with Crippen molar-refractivity contribution >= 4 is 5.65 Å². The van der Waals surface area contributed by atoms with Crippen LogP contribution in [0.5, 0.6) is 0 Å². The van der Waals surface area contributed by atoms with Crippen LogP contribution in [0.15, 0.2) is 18.3 Å². The van der Waals surface area contributed by atoms with Crippen molar-refractivity contribution in [2.45, 2.75) is 26.2 Å². The van der Waals surface area contributed by atoms with E-state index in [9.17, 15) is 8.78 Å². The van der Waals surface area contributed by atoms with Crippen molar-refractivity contribution in [3.63, 3.8) is 0 Å². The van der Waals surface area contributed by atoms with Gasteiger partial charge in [0.15, 0.2) is 5.65 Å². The summed E-state index contributed by atoms with van der Waals surface area (Å²) in [4.78, 5) is 0. The highest BCUT2D eigenvalue weighted by Gasteiger charge is 2.17. The molecule has 0 aliphatic heterocycles. The molecule has 0 saturated heterocycles. The van der Waals surface area contributed by atoms with E-state index in [0.717, 1.165) is 5.56 Å². The van der Waals surface area contributed by atoms with E-state index < -0.39 is 6.43 Å². The lowest BCUT2D eigenvalue weighted by molar-refractivity contribution is 0.139. The first-order valence-electron chi connectivity index (χ1n) is 4.73. The van der Waals surface area contributed by atoms with Crippen LogP contribution in [-0.2, 0) is 0 Å². The summed E-state index contributed by atoms with van der Waals surface area (Å²) < 4.78 is 26.4. The predicted octanol–water partition coefficient (Wildman–Crippen LogP) is 2.79. The average Bonchev–Trinajstić information content (AvgIpc) is 2.59. The third-order valence-corrected chi connectivity index (χ3v) is 2.31. The summed E-state index contributed by atoms with van der Waals surface area (Å²) in [6.07, 6.45) is -1.04. The van der Waals surface area contributed by atoms with E-state index in [1.165, 1.54) is 4.40 Å². The van der Waals surface area contributed by atoms with Crippen molar-refractivity contribution in [1.29, 1.82) is 0 Å². The number of aromatic nitrogens is 3. The molecule has 2 heterocycles. The van der Waals surface area contributed by atoms with E-state index in [-0.39, 0.29) is 11.7 Å². The molecule has 0 aliphatic rings. The Morgan fingerprint density at radius 2 is 2.00 bits per heavy atom. The van der Waals surface area contributed by atoms with Crippen molar-refractivity contribution in [3.8, 4) is 0 Å². The number of hydrogen-bond acceptors (Lipinski definition) is 2. The number of rotatable bonds is 2. The fourth-order valence-electron chi connectivity index (χ4n) is 1.55. The maximum absolute atomic E-state index is 12.5. The Morgan fingerprint density at radius 3 is 2.60 bits per heavy atom. The van der Waals surface area contributed by atoms with Crippen LogP contribution >= 0.6 is 0 Å². The molecule has 0 saturated carbocycles. The molecule has 2 aromatic heterocycles. The quantitative estimate of drug-likeness (QED) is 0.764. The molecule has 0 fully saturated rings. The van der Waals surface area contributed by atoms with Gasteiger partial charge in [-0.15, -0.1) is 10.2 Å². The van der Waals surface area contributed by atoms with Crippen molar-refractivity contribution in [2.24, 2.45) is 0 Å². The largest absolute Gasteiger partial charge is 0.297 e. The summed E-state index contributed by atoms with van der Waals surface area (Å²) >= 11 is 0. The molecular formula is C10H11F2N3. The predicted molar refractivity (Wildman–Crippen MR) is 52.0 cm³/mol. The number of nitrogens with zero attached hydrogens (tertiary/aromatic N) is 3. The Labute approximate surface area is 85.7 Å². The summed E-state index contributed by atoms with van der Waals surface area (Å²) in [5, 5.41) is 7.29. The maximum atomic E-state index is 12.5. The first kappa shape index (κ1) is 10.0. The van der Waals surface area contributed by atoms with Gasteiger partial charge < -0.3 is 0 Å². The highest BCUT2D eigenvalue weighted by atomic mass is 19.3. The molecule has 15 heavy (non-hydrogen) atoms. The molecule has 0 aliphatic carbocycles. The fraction of sp³-hybridized carbons (Fsp3) is 0.400. The molecule has 0 atom stereocenters. The summed E-state index contributed by atoms with van der Waals surface area (Å²) in [7, 11) is 0. The van der Waals surface area contributed by atoms with E-state index in [4.69, 9.17) is 0 Å². The van der Waals surface area contributed by atoms with Gasteiger partial charge in [-0.1, -0.05) is 19.9 Å². The number of pyridine rings is 1. The molecule has 0 unspecified atom stereocenters. The van der Waals surface area contributed by atoms with Crippen LogP contribution in [0.25, 0.3) is 5.65 Å². The van der Waals surface area contributed by atoms with Crippen molar-refractivity contribution in [2.75, 3.05) is 0 Å². The first-order valence-corrected chi connectivity index (χ1v) is 4.73. The lowest BCUT2D eigenvalue weighted by Crippen LogP contribution is -1.97. The van der Waals surface area contributed by atoms with Crippen molar-refractivity contribution in [3.05, 3.63) is 29.7 Å². The smallest absolute Gasteiger partial charge is 0.281 e. The lowest BCUT2D eigenvalue weighted by Gasteiger charge is -2.06. The summed E-state index contributed by atoms with van der Waals surface area (Å²) in [5.74, 6) is -0.0593. The number of halogens is 2. The Balaban J connectivity index is 2.69. The van der Waals surface area contributed by atoms with Crippen LogP contribution in [-0.4, -0.2) is 14.6 Å². The average molecular weight is 211 g/mol. The third-order valence-electron chi connectivity index (χ3n) is 2.31. The summed E-state index contributed by atoms with van der Waals surface area (Å²) in [5.41, 5.74) is 1.44. The third kappa shape index (κ3) is 1.58. The van der Waals surface area contributed by atoms with Gasteiger partial charge in [0, 0.05) is 6.20 Å². The van der Waals surface area contributed by atoms with Crippen molar-refractivity contribution < 1.29 is 8.78 Å². The Bertz CT molecular complexity index is 476. The topological polar surface area (TPSA) is 30.2 Å². The molecule has 5 heteroatoms. The molecular weight excluding hydrogens is 200 g/mol. The molecule has 0 N–H and O–H groups in total. The lowest BCUT2D eigenvalue weighted by atomic mass is 10.1.